The molecule has 0 aliphatic heterocycles. The van der Waals surface area contributed by atoms with Crippen LogP contribution in [0.1, 0.15) is 36.1 Å². The Morgan fingerprint density at radius 2 is 1.83 bits per heavy atom. The normalized spacial score (nSPS) is 10.8. The summed E-state index contributed by atoms with van der Waals surface area (Å²) in [7, 11) is 2.09. The lowest BCUT2D eigenvalue weighted by Crippen LogP contribution is -2.31. The second kappa shape index (κ2) is 6.45. The Morgan fingerprint density at radius 3 is 2.50 bits per heavy atom. The second-order valence-electron chi connectivity index (χ2n) is 6.32. The average molecular weight is 315 g/mol. The molecule has 0 saturated carbocycles. The third-order valence-corrected chi connectivity index (χ3v) is 4.89. The molecule has 0 bridgehead atoms. The second-order valence-corrected chi connectivity index (χ2v) is 6.32. The number of aromatic nitrogens is 1. The first-order chi connectivity index (χ1) is 11.6. The van der Waals surface area contributed by atoms with E-state index in [2.05, 4.69) is 68.9 Å². The van der Waals surface area contributed by atoms with E-state index in [4.69, 9.17) is 5.26 Å². The van der Waals surface area contributed by atoms with Crippen molar-refractivity contribution in [3.05, 3.63) is 64.8 Å². The van der Waals surface area contributed by atoms with E-state index < -0.39 is 0 Å². The Bertz CT molecular complexity index is 962. The topological polar surface area (TPSA) is 27.7 Å². The molecule has 2 aromatic carbocycles. The lowest BCUT2D eigenvalue weighted by Gasteiger charge is -2.13. The summed E-state index contributed by atoms with van der Waals surface area (Å²) in [6, 6.07) is 14.9. The molecule has 1 aromatic heterocycles. The van der Waals surface area contributed by atoms with Gasteiger partial charge < -0.3 is 0 Å². The summed E-state index contributed by atoms with van der Waals surface area (Å²) in [5.74, 6) is 0. The molecule has 0 aliphatic carbocycles. The van der Waals surface area contributed by atoms with Crippen molar-refractivity contribution in [2.75, 3.05) is 0 Å². The molecule has 3 aromatic rings. The van der Waals surface area contributed by atoms with Gasteiger partial charge in [-0.05, 0) is 66.1 Å². The Balaban J connectivity index is 2.38. The van der Waals surface area contributed by atoms with E-state index in [0.717, 1.165) is 18.2 Å². The van der Waals surface area contributed by atoms with Gasteiger partial charge in [0.1, 0.15) is 7.05 Å². The van der Waals surface area contributed by atoms with E-state index in [-0.39, 0.29) is 0 Å². The van der Waals surface area contributed by atoms with Crippen LogP contribution in [-0.2, 0) is 19.9 Å². The number of nitriles is 1. The third kappa shape index (κ3) is 2.67. The molecule has 120 valence electrons. The lowest BCUT2D eigenvalue weighted by molar-refractivity contribution is -0.659. The number of fused-ring (bicyclic) bond motifs is 1. The van der Waals surface area contributed by atoms with E-state index in [1.54, 1.807) is 0 Å². The number of nitrogens with zero attached hydrogens (tertiary/aromatic N) is 2. The molecule has 2 nitrogen and oxygen atoms in total. The first kappa shape index (κ1) is 16.2. The van der Waals surface area contributed by atoms with Gasteiger partial charge in [-0.1, -0.05) is 19.9 Å². The highest BCUT2D eigenvalue weighted by atomic mass is 14.9. The molecule has 0 amide bonds. The van der Waals surface area contributed by atoms with Crippen LogP contribution in [0.5, 0.6) is 0 Å². The molecule has 0 spiro atoms. The van der Waals surface area contributed by atoms with Crippen molar-refractivity contribution in [3.8, 4) is 17.3 Å². The molecule has 0 radical (unpaired) electrons. The molecular formula is C22H23N2+. The van der Waals surface area contributed by atoms with E-state index in [1.165, 1.54) is 33.3 Å². The summed E-state index contributed by atoms with van der Waals surface area (Å²) in [5, 5.41) is 11.5. The zero-order valence-electron chi connectivity index (χ0n) is 14.9. The molecular weight excluding hydrogens is 292 g/mol. The number of hydrogen-bond acceptors (Lipinski definition) is 1. The number of aryl methyl sites for hydroxylation is 3. The van der Waals surface area contributed by atoms with Crippen LogP contribution >= 0.6 is 0 Å². The molecule has 0 N–H and O–H groups in total. The summed E-state index contributed by atoms with van der Waals surface area (Å²) in [6.45, 7) is 6.64. The zero-order valence-corrected chi connectivity index (χ0v) is 14.9. The lowest BCUT2D eigenvalue weighted by atomic mass is 9.92. The predicted molar refractivity (Wildman–Crippen MR) is 98.8 cm³/mol. The zero-order chi connectivity index (χ0) is 17.3. The summed E-state index contributed by atoms with van der Waals surface area (Å²) >= 11 is 0. The van der Waals surface area contributed by atoms with E-state index >= 15 is 0 Å². The standard InChI is InChI=1S/C22H23N2/c1-5-16-11-18(6-2)15(3)21(13-16)22-20-8-7-17(14-23)12-19(20)9-10-24(22)4/h7-13H,5-6H2,1-4H3/q+1. The number of rotatable bonds is 3. The van der Waals surface area contributed by atoms with Crippen molar-refractivity contribution in [2.45, 2.75) is 33.6 Å². The maximum Gasteiger partial charge on any atom is 0.220 e. The molecule has 3 rings (SSSR count). The first-order valence-corrected chi connectivity index (χ1v) is 8.54. The van der Waals surface area contributed by atoms with E-state index in [1.807, 2.05) is 12.1 Å². The molecule has 24 heavy (non-hydrogen) atoms. The highest BCUT2D eigenvalue weighted by Gasteiger charge is 2.19. The molecule has 0 atom stereocenters. The maximum absolute atomic E-state index is 9.16. The Hall–Kier alpha value is -2.66. The minimum absolute atomic E-state index is 0.704. The Labute approximate surface area is 144 Å². The van der Waals surface area contributed by atoms with Crippen molar-refractivity contribution in [3.63, 3.8) is 0 Å². The van der Waals surface area contributed by atoms with Crippen LogP contribution in [0.4, 0.5) is 0 Å². The van der Waals surface area contributed by atoms with Gasteiger partial charge in [0, 0.05) is 6.07 Å². The van der Waals surface area contributed by atoms with Gasteiger partial charge in [0.2, 0.25) is 5.69 Å². The van der Waals surface area contributed by atoms with Gasteiger partial charge in [0.15, 0.2) is 6.20 Å². The minimum Gasteiger partial charge on any atom is -0.200 e. The van der Waals surface area contributed by atoms with Gasteiger partial charge in [-0.15, -0.1) is 0 Å². The molecule has 0 saturated heterocycles. The van der Waals surface area contributed by atoms with E-state index in [0.29, 0.717) is 5.56 Å². The molecule has 0 fully saturated rings. The third-order valence-electron chi connectivity index (χ3n) is 4.89. The highest BCUT2D eigenvalue weighted by Crippen LogP contribution is 2.31. The van der Waals surface area contributed by atoms with Crippen molar-refractivity contribution in [1.82, 2.24) is 0 Å². The van der Waals surface area contributed by atoms with Crippen molar-refractivity contribution in [1.29, 1.82) is 5.26 Å². The van der Waals surface area contributed by atoms with Crippen LogP contribution in [0.2, 0.25) is 0 Å². The SMILES string of the molecule is CCc1cc(CC)c(C)c(-c2c3ccc(C#N)cc3cc[n+]2C)c1. The van der Waals surface area contributed by atoms with Gasteiger partial charge in [0.25, 0.3) is 0 Å². The van der Waals surface area contributed by atoms with Crippen molar-refractivity contribution >= 4 is 10.8 Å². The molecule has 0 aliphatic rings. The largest absolute Gasteiger partial charge is 0.220 e. The number of pyridine rings is 1. The van der Waals surface area contributed by atoms with Crippen LogP contribution in [0.15, 0.2) is 42.6 Å². The van der Waals surface area contributed by atoms with Crippen molar-refractivity contribution < 1.29 is 4.57 Å². The van der Waals surface area contributed by atoms with Crippen LogP contribution in [0.25, 0.3) is 22.0 Å². The van der Waals surface area contributed by atoms with Gasteiger partial charge in [-0.25, -0.2) is 4.57 Å². The summed E-state index contributed by atoms with van der Waals surface area (Å²) < 4.78 is 2.19. The quantitative estimate of drug-likeness (QED) is 0.647. The smallest absolute Gasteiger partial charge is 0.200 e. The van der Waals surface area contributed by atoms with E-state index in [9.17, 15) is 0 Å². The Kier molecular flexibility index (Phi) is 4.36. The fraction of sp³-hybridized carbons (Fsp3) is 0.273. The summed E-state index contributed by atoms with van der Waals surface area (Å²) in [6.07, 6.45) is 4.16. The molecule has 2 heteroatoms. The molecule has 0 unspecified atom stereocenters. The van der Waals surface area contributed by atoms with Crippen LogP contribution in [-0.4, -0.2) is 0 Å². The predicted octanol–water partition coefficient (Wildman–Crippen LogP) is 4.64. The number of benzene rings is 2. The van der Waals surface area contributed by atoms with Crippen molar-refractivity contribution in [2.24, 2.45) is 7.05 Å². The van der Waals surface area contributed by atoms with Gasteiger partial charge in [-0.3, -0.25) is 0 Å². The maximum atomic E-state index is 9.16. The minimum atomic E-state index is 0.704. The van der Waals surface area contributed by atoms with Gasteiger partial charge in [-0.2, -0.15) is 5.26 Å². The van der Waals surface area contributed by atoms with Crippen LogP contribution < -0.4 is 4.57 Å². The Morgan fingerprint density at radius 1 is 1.04 bits per heavy atom. The first-order valence-electron chi connectivity index (χ1n) is 8.54. The monoisotopic (exact) mass is 315 g/mol. The average Bonchev–Trinajstić information content (AvgIpc) is 2.62. The summed E-state index contributed by atoms with van der Waals surface area (Å²) in [4.78, 5) is 0. The van der Waals surface area contributed by atoms with Gasteiger partial charge >= 0.3 is 0 Å². The van der Waals surface area contributed by atoms with Crippen LogP contribution in [0, 0.1) is 18.3 Å². The molecule has 1 heterocycles. The number of hydrogen-bond donors (Lipinski definition) is 0. The fourth-order valence-corrected chi connectivity index (χ4v) is 3.44. The van der Waals surface area contributed by atoms with Crippen LogP contribution in [0.3, 0.4) is 0 Å². The fourth-order valence-electron chi connectivity index (χ4n) is 3.44. The summed E-state index contributed by atoms with van der Waals surface area (Å²) in [5.41, 5.74) is 7.36. The highest BCUT2D eigenvalue weighted by molar-refractivity contribution is 5.94. The van der Waals surface area contributed by atoms with Gasteiger partial charge in [0.05, 0.1) is 22.6 Å².